The van der Waals surface area contributed by atoms with Crippen molar-refractivity contribution < 1.29 is 24.3 Å². The Morgan fingerprint density at radius 2 is 1.83 bits per heavy atom. The summed E-state index contributed by atoms with van der Waals surface area (Å²) in [5, 5.41) is 11.1. The molecule has 0 atom stereocenters. The quantitative estimate of drug-likeness (QED) is 0.505. The lowest BCUT2D eigenvalue weighted by atomic mass is 9.88. The zero-order valence-electron chi connectivity index (χ0n) is 10.7. The molecular weight excluding hydrogens is 240 g/mol. The van der Waals surface area contributed by atoms with Crippen LogP contribution in [0.1, 0.15) is 27.7 Å². The van der Waals surface area contributed by atoms with Crippen molar-refractivity contribution in [2.75, 3.05) is 6.54 Å². The Labute approximate surface area is 104 Å². The summed E-state index contributed by atoms with van der Waals surface area (Å²) in [6, 6.07) is 0. The average Bonchev–Trinajstić information content (AvgIpc) is 2.22. The lowest BCUT2D eigenvalue weighted by Crippen LogP contribution is -2.67. The van der Waals surface area contributed by atoms with Crippen LogP contribution in [-0.4, -0.2) is 45.8 Å². The number of amides is 3. The van der Waals surface area contributed by atoms with E-state index in [-0.39, 0.29) is 6.54 Å². The average molecular weight is 256 g/mol. The van der Waals surface area contributed by atoms with Gasteiger partial charge in [-0.15, -0.1) is 0 Å². The number of hydrogen-bond acceptors (Lipinski definition) is 4. The number of piperazine rings is 1. The molecule has 0 aromatic carbocycles. The summed E-state index contributed by atoms with van der Waals surface area (Å²) in [6.45, 7) is 5.08. The zero-order chi connectivity index (χ0) is 14.3. The Morgan fingerprint density at radius 3 is 2.28 bits per heavy atom. The number of aliphatic carboxylic acids is 1. The van der Waals surface area contributed by atoms with Gasteiger partial charge in [0.05, 0.1) is 0 Å². The van der Waals surface area contributed by atoms with Crippen LogP contribution in [0.5, 0.6) is 0 Å². The van der Waals surface area contributed by atoms with E-state index in [9.17, 15) is 19.2 Å². The summed E-state index contributed by atoms with van der Waals surface area (Å²) < 4.78 is 0. The highest BCUT2D eigenvalue weighted by Gasteiger charge is 2.49. The molecule has 18 heavy (non-hydrogen) atoms. The van der Waals surface area contributed by atoms with Crippen LogP contribution >= 0.6 is 0 Å². The Hall–Kier alpha value is -1.92. The van der Waals surface area contributed by atoms with Crippen LogP contribution < -0.4 is 5.32 Å². The van der Waals surface area contributed by atoms with Crippen molar-refractivity contribution in [1.82, 2.24) is 10.2 Å². The third kappa shape index (κ3) is 2.07. The van der Waals surface area contributed by atoms with E-state index in [1.54, 1.807) is 0 Å². The smallest absolute Gasteiger partial charge is 0.318 e. The van der Waals surface area contributed by atoms with Crippen LogP contribution in [-0.2, 0) is 19.2 Å². The van der Waals surface area contributed by atoms with E-state index in [0.717, 1.165) is 4.90 Å². The molecule has 0 aliphatic carbocycles. The maximum atomic E-state index is 12.2. The molecule has 0 spiro atoms. The minimum absolute atomic E-state index is 0.325. The summed E-state index contributed by atoms with van der Waals surface area (Å²) in [7, 11) is 0. The van der Waals surface area contributed by atoms with Gasteiger partial charge in [0.2, 0.25) is 11.8 Å². The lowest BCUT2D eigenvalue weighted by molar-refractivity contribution is -0.167. The second-order valence-electron chi connectivity index (χ2n) is 5.26. The number of carbonyl (C=O) groups is 4. The molecule has 1 heterocycles. The topological polar surface area (TPSA) is 104 Å². The van der Waals surface area contributed by atoms with Crippen molar-refractivity contribution >= 4 is 23.7 Å². The molecule has 7 nitrogen and oxygen atoms in total. The summed E-state index contributed by atoms with van der Waals surface area (Å²) in [5.74, 6) is -3.30. The molecule has 1 fully saturated rings. The summed E-state index contributed by atoms with van der Waals surface area (Å²) in [4.78, 5) is 47.2. The molecule has 0 aromatic heterocycles. The van der Waals surface area contributed by atoms with Gasteiger partial charge in [-0.3, -0.25) is 24.5 Å². The Balaban J connectivity index is 3.14. The van der Waals surface area contributed by atoms with Gasteiger partial charge >= 0.3 is 5.97 Å². The van der Waals surface area contributed by atoms with E-state index in [4.69, 9.17) is 5.11 Å². The fourth-order valence-electron chi connectivity index (χ4n) is 1.54. The fourth-order valence-corrected chi connectivity index (χ4v) is 1.54. The van der Waals surface area contributed by atoms with E-state index in [0.29, 0.717) is 0 Å². The van der Waals surface area contributed by atoms with E-state index in [1.807, 2.05) is 0 Å². The van der Waals surface area contributed by atoms with Crippen molar-refractivity contribution in [3.8, 4) is 0 Å². The molecule has 100 valence electrons. The van der Waals surface area contributed by atoms with Gasteiger partial charge in [0, 0.05) is 0 Å². The van der Waals surface area contributed by atoms with Gasteiger partial charge < -0.3 is 10.0 Å². The van der Waals surface area contributed by atoms with Gasteiger partial charge in [-0.05, 0) is 27.7 Å². The molecule has 1 rings (SSSR count). The van der Waals surface area contributed by atoms with Gasteiger partial charge in [0.15, 0.2) is 0 Å². The SMILES string of the molecule is CC(C)(C(=O)O)C(=O)N1CC(=O)NC(=O)C1(C)C. The van der Waals surface area contributed by atoms with Gasteiger partial charge in [0.25, 0.3) is 5.91 Å². The number of imide groups is 1. The molecule has 0 unspecified atom stereocenters. The third-order valence-corrected chi connectivity index (χ3v) is 3.10. The van der Waals surface area contributed by atoms with Gasteiger partial charge in [-0.2, -0.15) is 0 Å². The molecule has 1 aliphatic rings. The van der Waals surface area contributed by atoms with E-state index < -0.39 is 34.6 Å². The molecule has 3 amide bonds. The first kappa shape index (κ1) is 14.1. The highest BCUT2D eigenvalue weighted by atomic mass is 16.4. The third-order valence-electron chi connectivity index (χ3n) is 3.10. The van der Waals surface area contributed by atoms with Crippen molar-refractivity contribution in [2.45, 2.75) is 33.2 Å². The lowest BCUT2D eigenvalue weighted by Gasteiger charge is -2.42. The first-order valence-electron chi connectivity index (χ1n) is 5.41. The largest absolute Gasteiger partial charge is 0.480 e. The Bertz CT molecular complexity index is 439. The summed E-state index contributed by atoms with van der Waals surface area (Å²) in [6.07, 6.45) is 0. The predicted octanol–water partition coefficient (Wildman–Crippen LogP) is -0.639. The fraction of sp³-hybridized carbons (Fsp3) is 0.636. The number of hydrogen-bond donors (Lipinski definition) is 2. The highest BCUT2D eigenvalue weighted by Crippen LogP contribution is 2.26. The van der Waals surface area contributed by atoms with Crippen LogP contribution in [0.25, 0.3) is 0 Å². The first-order chi connectivity index (χ1) is 8.01. The number of nitrogens with zero attached hydrogens (tertiary/aromatic N) is 1. The maximum Gasteiger partial charge on any atom is 0.318 e. The van der Waals surface area contributed by atoms with Crippen molar-refractivity contribution in [2.24, 2.45) is 5.41 Å². The van der Waals surface area contributed by atoms with Crippen molar-refractivity contribution in [3.63, 3.8) is 0 Å². The van der Waals surface area contributed by atoms with E-state index in [1.165, 1.54) is 27.7 Å². The molecule has 0 saturated carbocycles. The van der Waals surface area contributed by atoms with Crippen LogP contribution in [0.4, 0.5) is 0 Å². The number of carbonyl (C=O) groups excluding carboxylic acids is 3. The highest BCUT2D eigenvalue weighted by molar-refractivity contribution is 6.09. The Kier molecular flexibility index (Phi) is 3.20. The number of nitrogens with one attached hydrogen (secondary N) is 1. The number of carboxylic acid groups (broad SMARTS) is 1. The van der Waals surface area contributed by atoms with Crippen molar-refractivity contribution in [3.05, 3.63) is 0 Å². The molecule has 0 aromatic rings. The number of carboxylic acids is 1. The van der Waals surface area contributed by atoms with Crippen LogP contribution in [0.2, 0.25) is 0 Å². The van der Waals surface area contributed by atoms with Crippen LogP contribution in [0, 0.1) is 5.41 Å². The molecule has 0 bridgehead atoms. The maximum absolute atomic E-state index is 12.2. The minimum Gasteiger partial charge on any atom is -0.480 e. The van der Waals surface area contributed by atoms with Gasteiger partial charge in [-0.1, -0.05) is 0 Å². The summed E-state index contributed by atoms with van der Waals surface area (Å²) in [5.41, 5.74) is -2.94. The molecule has 0 radical (unpaired) electrons. The molecule has 1 saturated heterocycles. The zero-order valence-corrected chi connectivity index (χ0v) is 10.7. The minimum atomic E-state index is -1.69. The second-order valence-corrected chi connectivity index (χ2v) is 5.26. The van der Waals surface area contributed by atoms with Gasteiger partial charge in [-0.25, -0.2) is 0 Å². The standard InChI is InChI=1S/C11H16N2O5/c1-10(2,9(17)18)8(16)13-5-6(14)12-7(15)11(13,3)4/h5H2,1-4H3,(H,17,18)(H,12,14,15). The number of rotatable bonds is 2. The monoisotopic (exact) mass is 256 g/mol. The molecule has 7 heteroatoms. The van der Waals surface area contributed by atoms with E-state index >= 15 is 0 Å². The van der Waals surface area contributed by atoms with Crippen LogP contribution in [0.3, 0.4) is 0 Å². The summed E-state index contributed by atoms with van der Waals surface area (Å²) >= 11 is 0. The van der Waals surface area contributed by atoms with Crippen molar-refractivity contribution in [1.29, 1.82) is 0 Å². The molecule has 1 aliphatic heterocycles. The normalized spacial score (nSPS) is 19.4. The molecular formula is C11H16N2O5. The predicted molar refractivity (Wildman–Crippen MR) is 60.4 cm³/mol. The van der Waals surface area contributed by atoms with Gasteiger partial charge in [0.1, 0.15) is 17.5 Å². The Morgan fingerprint density at radius 1 is 1.33 bits per heavy atom. The van der Waals surface area contributed by atoms with Crippen LogP contribution in [0.15, 0.2) is 0 Å². The molecule has 2 N–H and O–H groups in total. The first-order valence-corrected chi connectivity index (χ1v) is 5.41. The van der Waals surface area contributed by atoms with E-state index in [2.05, 4.69) is 5.32 Å². The second kappa shape index (κ2) is 4.08.